The van der Waals surface area contributed by atoms with E-state index < -0.39 is 13.0 Å². The molecule has 0 N–H and O–H groups in total. The van der Waals surface area contributed by atoms with Crippen molar-refractivity contribution in [3.05, 3.63) is 57.6 Å². The number of rotatable bonds is 0. The summed E-state index contributed by atoms with van der Waals surface area (Å²) in [5.41, 5.74) is 6.68. The maximum atomic E-state index is 6.79. The molecule has 3 rings (SSSR count). The van der Waals surface area contributed by atoms with Crippen molar-refractivity contribution in [1.29, 1.82) is 0 Å². The molecule has 1 aliphatic heterocycles. The predicted molar refractivity (Wildman–Crippen MR) is 173 cm³/mol. The number of benzene rings is 2. The molecule has 212 valence electrons. The Bertz CT molecular complexity index is 1140. The van der Waals surface area contributed by atoms with Crippen LogP contribution in [0.4, 0.5) is 0 Å². The maximum Gasteiger partial charge on any atom is 0.957 e. The van der Waals surface area contributed by atoms with Gasteiger partial charge in [0.15, 0.2) is 0 Å². The van der Waals surface area contributed by atoms with Gasteiger partial charge in [-0.05, 0) is 62.5 Å². The van der Waals surface area contributed by atoms with E-state index in [1.54, 1.807) is 0 Å². The number of fused-ring (bicyclic) bond motifs is 2. The van der Waals surface area contributed by atoms with E-state index in [4.69, 9.17) is 17.6 Å². The fraction of sp³-hybridized carbons (Fsp3) is 0.576. The molecule has 6 heteroatoms. The molecule has 0 spiro atoms. The molecular weight excluding hydrogens is 563 g/mol. The number of nitrogens with zero attached hydrogens (tertiary/aromatic N) is 2. The van der Waals surface area contributed by atoms with E-state index in [9.17, 15) is 0 Å². The zero-order valence-corrected chi connectivity index (χ0v) is 29.0. The third-order valence-corrected chi connectivity index (χ3v) is 9.00. The summed E-state index contributed by atoms with van der Waals surface area (Å²) < 4.78 is 13.6. The zero-order chi connectivity index (χ0) is 29.4. The molecule has 0 atom stereocenters. The number of aliphatic imine (C=N–C) groups is 2. The summed E-state index contributed by atoms with van der Waals surface area (Å²) in [6.07, 6.45) is 4.84. The van der Waals surface area contributed by atoms with Crippen molar-refractivity contribution >= 4 is 39.5 Å². The van der Waals surface area contributed by atoms with Crippen LogP contribution in [0.2, 0.25) is 0 Å². The first-order chi connectivity index (χ1) is 17.8. The molecule has 1 heterocycles. The van der Waals surface area contributed by atoms with Crippen LogP contribution in [-0.4, -0.2) is 38.5 Å². The Hall–Kier alpha value is -1.61. The molecule has 1 aliphatic rings. The first-order valence-corrected chi connectivity index (χ1v) is 18.3. The van der Waals surface area contributed by atoms with Crippen LogP contribution in [0, 0.1) is 0 Å². The van der Waals surface area contributed by atoms with E-state index >= 15 is 0 Å². The van der Waals surface area contributed by atoms with Crippen molar-refractivity contribution in [2.75, 3.05) is 13.1 Å². The third kappa shape index (κ3) is 8.21. The highest BCUT2D eigenvalue weighted by molar-refractivity contribution is 9.24. The first kappa shape index (κ1) is 31.9. The second-order valence-electron chi connectivity index (χ2n) is 14.8. The topological polar surface area (TPSA) is 43.2 Å². The van der Waals surface area contributed by atoms with Crippen LogP contribution < -0.4 is 7.58 Å². The van der Waals surface area contributed by atoms with E-state index in [2.05, 4.69) is 121 Å². The lowest BCUT2D eigenvalue weighted by molar-refractivity contribution is 0.426. The summed E-state index contributed by atoms with van der Waals surface area (Å²) in [5, 5.41) is 0. The zero-order valence-electron chi connectivity index (χ0n) is 26.3. The highest BCUT2D eigenvalue weighted by Crippen LogP contribution is 2.41. The van der Waals surface area contributed by atoms with Crippen molar-refractivity contribution in [2.24, 2.45) is 9.98 Å². The van der Waals surface area contributed by atoms with Gasteiger partial charge >= 0.3 is 13.0 Å². The summed E-state index contributed by atoms with van der Waals surface area (Å²) in [6.45, 7) is 28.4. The fourth-order valence-corrected chi connectivity index (χ4v) is 6.59. The van der Waals surface area contributed by atoms with Gasteiger partial charge in [-0.3, -0.25) is 9.98 Å². The van der Waals surface area contributed by atoms with E-state index in [0.29, 0.717) is 0 Å². The quantitative estimate of drug-likeness (QED) is 0.279. The number of halogens is 1. The summed E-state index contributed by atoms with van der Waals surface area (Å²) in [6, 6.07) is 9.08. The molecule has 0 unspecified atom stereocenters. The molecule has 0 fully saturated rings. The van der Waals surface area contributed by atoms with Crippen LogP contribution >= 0.6 is 14.1 Å². The SMILES string of the molecule is CC(C)(C)c1cc2c(c(C(C)(C)C)c1)[O][Al]([Br])[O]c1c(cc(C(C)(C)C)cc1C(C)(C)C)C=NCCCN=C2. The lowest BCUT2D eigenvalue weighted by Gasteiger charge is -2.31. The molecule has 2 aromatic carbocycles. The van der Waals surface area contributed by atoms with Gasteiger partial charge in [0.25, 0.3) is 0 Å². The molecule has 0 aromatic heterocycles. The van der Waals surface area contributed by atoms with Crippen molar-refractivity contribution in [1.82, 2.24) is 0 Å². The van der Waals surface area contributed by atoms with Crippen LogP contribution in [0.3, 0.4) is 0 Å². The average Bonchev–Trinajstić information content (AvgIpc) is 2.76. The second-order valence-corrected chi connectivity index (χ2v) is 18.1. The standard InChI is InChI=1S/C33H50N2O2.Al.BrH/c1-30(2,3)24-16-22(28(36)26(18-24)32(7,8)9)20-34-14-13-15-35-21-23-17-25(31(4,5)6)19-27(29(23)37)33(10,11)12;;/h16-21,36-37H,13-15H2,1-12H3;;1H/q;+3;/p-3. The smallest absolute Gasteiger partial charge is 0.603 e. The van der Waals surface area contributed by atoms with Crippen LogP contribution in [0.15, 0.2) is 34.3 Å². The Morgan fingerprint density at radius 3 is 1.26 bits per heavy atom. The molecule has 2 aromatic rings. The minimum Gasteiger partial charge on any atom is -0.603 e. The van der Waals surface area contributed by atoms with Crippen molar-refractivity contribution in [3.8, 4) is 11.5 Å². The van der Waals surface area contributed by atoms with Crippen molar-refractivity contribution in [3.63, 3.8) is 0 Å². The van der Waals surface area contributed by atoms with E-state index in [1.165, 1.54) is 22.3 Å². The second kappa shape index (κ2) is 11.7. The van der Waals surface area contributed by atoms with E-state index in [0.717, 1.165) is 42.1 Å². The Kier molecular flexibility index (Phi) is 9.58. The molecule has 0 amide bonds. The summed E-state index contributed by atoms with van der Waals surface area (Å²) >= 11 is 1.50. The summed E-state index contributed by atoms with van der Waals surface area (Å²) in [5.74, 6) is 1.73. The minimum absolute atomic E-state index is 0.00368. The van der Waals surface area contributed by atoms with Gasteiger partial charge in [0.2, 0.25) is 0 Å². The van der Waals surface area contributed by atoms with Crippen molar-refractivity contribution < 1.29 is 7.58 Å². The van der Waals surface area contributed by atoms with Gasteiger partial charge in [-0.25, -0.2) is 0 Å². The molecule has 4 nitrogen and oxygen atoms in total. The minimum atomic E-state index is -2.38. The van der Waals surface area contributed by atoms with Crippen LogP contribution in [-0.2, 0) is 21.7 Å². The Morgan fingerprint density at radius 1 is 0.590 bits per heavy atom. The molecule has 0 aliphatic carbocycles. The van der Waals surface area contributed by atoms with Gasteiger partial charge in [-0.15, -0.1) is 14.1 Å². The molecule has 0 saturated carbocycles. The number of hydrogen-bond donors (Lipinski definition) is 0. The summed E-state index contributed by atoms with van der Waals surface area (Å²) in [4.78, 5) is 9.58. The average molecular weight is 612 g/mol. The van der Waals surface area contributed by atoms with Gasteiger partial charge in [0, 0.05) is 36.6 Å². The monoisotopic (exact) mass is 610 g/mol. The van der Waals surface area contributed by atoms with Gasteiger partial charge in [0.05, 0.1) is 11.5 Å². The lowest BCUT2D eigenvalue weighted by atomic mass is 9.79. The maximum absolute atomic E-state index is 6.79. The predicted octanol–water partition coefficient (Wildman–Crippen LogP) is 8.96. The van der Waals surface area contributed by atoms with Gasteiger partial charge in [-0.1, -0.05) is 95.2 Å². The van der Waals surface area contributed by atoms with Gasteiger partial charge in [-0.2, -0.15) is 0 Å². The Labute approximate surface area is 249 Å². The van der Waals surface area contributed by atoms with Crippen LogP contribution in [0.1, 0.15) is 123 Å². The highest BCUT2D eigenvalue weighted by atomic mass is 79.9. The lowest BCUT2D eigenvalue weighted by Crippen LogP contribution is -2.29. The molecule has 0 saturated heterocycles. The van der Waals surface area contributed by atoms with Gasteiger partial charge < -0.3 is 7.58 Å². The largest absolute Gasteiger partial charge is 0.957 e. The molecular formula is C33H48AlBrN2O2. The first-order valence-electron chi connectivity index (χ1n) is 14.1. The van der Waals surface area contributed by atoms with E-state index in [1.807, 2.05) is 12.4 Å². The molecule has 0 bridgehead atoms. The van der Waals surface area contributed by atoms with Crippen LogP contribution in [0.25, 0.3) is 0 Å². The Balaban J connectivity index is 2.24. The number of hydrogen-bond acceptors (Lipinski definition) is 4. The third-order valence-electron chi connectivity index (χ3n) is 7.04. The fourth-order valence-electron chi connectivity index (χ4n) is 4.53. The highest BCUT2D eigenvalue weighted by Gasteiger charge is 2.37. The summed E-state index contributed by atoms with van der Waals surface area (Å²) in [7, 11) is 0. The van der Waals surface area contributed by atoms with E-state index in [-0.39, 0.29) is 21.7 Å². The van der Waals surface area contributed by atoms with Gasteiger partial charge in [0.1, 0.15) is 0 Å². The Morgan fingerprint density at radius 2 is 0.949 bits per heavy atom. The van der Waals surface area contributed by atoms with Crippen LogP contribution in [0.5, 0.6) is 11.5 Å². The van der Waals surface area contributed by atoms with Crippen molar-refractivity contribution in [2.45, 2.75) is 111 Å². The normalized spacial score (nSPS) is 15.7. The molecule has 0 radical (unpaired) electrons. The molecule has 39 heavy (non-hydrogen) atoms.